The largest absolute Gasteiger partial charge is 0.492 e. The summed E-state index contributed by atoms with van der Waals surface area (Å²) in [5.74, 6) is -2.75. The standard InChI is InChI=1S/C9H9NO5/c1-4(11)15-9-7(10)5(12)3-6(14-2)8(9)13/h3H,10H2,1-2H3. The highest BCUT2D eigenvalue weighted by Crippen LogP contribution is 2.17. The molecule has 0 saturated carbocycles. The molecule has 80 valence electrons. The Hall–Kier alpha value is -2.11. The van der Waals surface area contributed by atoms with Crippen LogP contribution in [0.25, 0.3) is 0 Å². The zero-order chi connectivity index (χ0) is 11.6. The van der Waals surface area contributed by atoms with Crippen LogP contribution < -0.4 is 5.73 Å². The molecule has 15 heavy (non-hydrogen) atoms. The van der Waals surface area contributed by atoms with E-state index in [-0.39, 0.29) is 5.76 Å². The van der Waals surface area contributed by atoms with Gasteiger partial charge in [0.15, 0.2) is 5.76 Å². The number of hydrogen-bond donors (Lipinski definition) is 1. The Labute approximate surface area is 85.3 Å². The van der Waals surface area contributed by atoms with Crippen LogP contribution in [0.15, 0.2) is 23.3 Å². The lowest BCUT2D eigenvalue weighted by molar-refractivity contribution is -0.140. The fourth-order valence-electron chi connectivity index (χ4n) is 1.01. The molecule has 1 rings (SSSR count). The number of ether oxygens (including phenoxy) is 2. The molecule has 0 heterocycles. The van der Waals surface area contributed by atoms with Crippen molar-refractivity contribution in [1.29, 1.82) is 0 Å². The molecule has 0 amide bonds. The third-order valence-electron chi connectivity index (χ3n) is 1.67. The molecular weight excluding hydrogens is 202 g/mol. The molecule has 0 atom stereocenters. The first-order valence-corrected chi connectivity index (χ1v) is 4.00. The van der Waals surface area contributed by atoms with Gasteiger partial charge < -0.3 is 15.2 Å². The fraction of sp³-hybridized carbons (Fsp3) is 0.222. The number of Topliss-reactive ketones (excluding diaryl/α,β-unsaturated/α-hetero) is 1. The lowest BCUT2D eigenvalue weighted by Crippen LogP contribution is -2.27. The molecule has 0 aromatic rings. The van der Waals surface area contributed by atoms with Gasteiger partial charge in [-0.05, 0) is 0 Å². The Morgan fingerprint density at radius 1 is 1.40 bits per heavy atom. The van der Waals surface area contributed by atoms with Crippen molar-refractivity contribution in [2.75, 3.05) is 7.11 Å². The van der Waals surface area contributed by atoms with Gasteiger partial charge in [0.25, 0.3) is 5.78 Å². The van der Waals surface area contributed by atoms with E-state index in [1.807, 2.05) is 0 Å². The molecule has 1 aliphatic rings. The highest BCUT2D eigenvalue weighted by atomic mass is 16.5. The predicted octanol–water partition coefficient (Wildman–Crippen LogP) is -0.598. The predicted molar refractivity (Wildman–Crippen MR) is 48.1 cm³/mol. The molecule has 6 heteroatoms. The van der Waals surface area contributed by atoms with Crippen LogP contribution >= 0.6 is 0 Å². The van der Waals surface area contributed by atoms with Crippen LogP contribution in [0.4, 0.5) is 0 Å². The van der Waals surface area contributed by atoms with E-state index in [4.69, 9.17) is 5.73 Å². The van der Waals surface area contributed by atoms with E-state index in [0.717, 1.165) is 13.0 Å². The Kier molecular flexibility index (Phi) is 2.89. The third kappa shape index (κ3) is 2.04. The minimum atomic E-state index is -0.730. The lowest BCUT2D eigenvalue weighted by atomic mass is 10.1. The zero-order valence-electron chi connectivity index (χ0n) is 8.20. The summed E-state index contributed by atoms with van der Waals surface area (Å²) in [4.78, 5) is 33.4. The number of carbonyl (C=O) groups excluding carboxylic acids is 3. The van der Waals surface area contributed by atoms with Crippen LogP contribution in [0.2, 0.25) is 0 Å². The maximum atomic E-state index is 11.5. The summed E-state index contributed by atoms with van der Waals surface area (Å²) in [6.07, 6.45) is 0.949. The first-order valence-electron chi connectivity index (χ1n) is 4.00. The van der Waals surface area contributed by atoms with Gasteiger partial charge in [-0.25, -0.2) is 0 Å². The van der Waals surface area contributed by atoms with Crippen molar-refractivity contribution in [2.24, 2.45) is 5.73 Å². The van der Waals surface area contributed by atoms with Gasteiger partial charge in [0.1, 0.15) is 5.70 Å². The molecule has 0 unspecified atom stereocenters. The first kappa shape index (κ1) is 11.0. The van der Waals surface area contributed by atoms with Crippen LogP contribution in [-0.2, 0) is 23.9 Å². The van der Waals surface area contributed by atoms with Crippen molar-refractivity contribution in [3.05, 3.63) is 23.3 Å². The first-order chi connectivity index (χ1) is 6.97. The lowest BCUT2D eigenvalue weighted by Gasteiger charge is -2.14. The van der Waals surface area contributed by atoms with Gasteiger partial charge in [0.2, 0.25) is 11.5 Å². The second-order valence-electron chi connectivity index (χ2n) is 2.74. The number of nitrogens with two attached hydrogens (primary N) is 1. The summed E-state index contributed by atoms with van der Waals surface area (Å²) in [6, 6.07) is 0. The number of allylic oxidation sites excluding steroid dienone is 1. The van der Waals surface area contributed by atoms with Gasteiger partial charge in [0, 0.05) is 13.0 Å². The van der Waals surface area contributed by atoms with E-state index in [9.17, 15) is 14.4 Å². The zero-order valence-corrected chi connectivity index (χ0v) is 8.20. The average molecular weight is 211 g/mol. The summed E-state index contributed by atoms with van der Waals surface area (Å²) in [5, 5.41) is 0. The number of hydrogen-bond acceptors (Lipinski definition) is 6. The normalized spacial score (nSPS) is 16.3. The van der Waals surface area contributed by atoms with Crippen LogP contribution in [0.3, 0.4) is 0 Å². The molecule has 0 saturated heterocycles. The molecule has 0 bridgehead atoms. The molecule has 0 spiro atoms. The van der Waals surface area contributed by atoms with Gasteiger partial charge in [-0.1, -0.05) is 0 Å². The molecule has 1 aliphatic carbocycles. The van der Waals surface area contributed by atoms with E-state index in [1.54, 1.807) is 0 Å². The Balaban J connectivity index is 3.11. The van der Waals surface area contributed by atoms with E-state index >= 15 is 0 Å². The SMILES string of the molecule is COC1=CC(=O)C(N)=C(OC(C)=O)C1=O. The fourth-order valence-corrected chi connectivity index (χ4v) is 1.01. The Bertz CT molecular complexity index is 405. The van der Waals surface area contributed by atoms with Crippen molar-refractivity contribution < 1.29 is 23.9 Å². The third-order valence-corrected chi connectivity index (χ3v) is 1.67. The number of esters is 1. The molecular formula is C9H9NO5. The Morgan fingerprint density at radius 3 is 2.47 bits per heavy atom. The minimum Gasteiger partial charge on any atom is -0.492 e. The van der Waals surface area contributed by atoms with E-state index < -0.39 is 29.0 Å². The molecule has 6 nitrogen and oxygen atoms in total. The van der Waals surface area contributed by atoms with Gasteiger partial charge in [0.05, 0.1) is 7.11 Å². The summed E-state index contributed by atoms with van der Waals surface area (Å²) in [5.41, 5.74) is 4.92. The van der Waals surface area contributed by atoms with E-state index in [2.05, 4.69) is 9.47 Å². The molecule has 0 fully saturated rings. The van der Waals surface area contributed by atoms with Crippen molar-refractivity contribution in [3.63, 3.8) is 0 Å². The van der Waals surface area contributed by atoms with Crippen LogP contribution in [0, 0.1) is 0 Å². The smallest absolute Gasteiger partial charge is 0.308 e. The van der Waals surface area contributed by atoms with Gasteiger partial charge in [-0.2, -0.15) is 0 Å². The second kappa shape index (κ2) is 3.95. The summed E-state index contributed by atoms with van der Waals surface area (Å²) in [6.45, 7) is 1.10. The number of ketones is 2. The van der Waals surface area contributed by atoms with Crippen molar-refractivity contribution in [2.45, 2.75) is 6.92 Å². The molecule has 2 N–H and O–H groups in total. The summed E-state index contributed by atoms with van der Waals surface area (Å²) < 4.78 is 9.19. The molecule has 0 radical (unpaired) electrons. The topological polar surface area (TPSA) is 95.7 Å². The average Bonchev–Trinajstić information content (AvgIpc) is 2.18. The second-order valence-corrected chi connectivity index (χ2v) is 2.74. The molecule has 0 aromatic heterocycles. The highest BCUT2D eigenvalue weighted by Gasteiger charge is 2.30. The maximum Gasteiger partial charge on any atom is 0.308 e. The number of carbonyl (C=O) groups is 3. The Morgan fingerprint density at radius 2 is 2.00 bits per heavy atom. The van der Waals surface area contributed by atoms with Crippen LogP contribution in [0.5, 0.6) is 0 Å². The maximum absolute atomic E-state index is 11.5. The number of rotatable bonds is 2. The minimum absolute atomic E-state index is 0.203. The monoisotopic (exact) mass is 211 g/mol. The van der Waals surface area contributed by atoms with Crippen LogP contribution in [0.1, 0.15) is 6.92 Å². The van der Waals surface area contributed by atoms with Crippen molar-refractivity contribution in [3.8, 4) is 0 Å². The van der Waals surface area contributed by atoms with Gasteiger partial charge >= 0.3 is 5.97 Å². The van der Waals surface area contributed by atoms with E-state index in [0.29, 0.717) is 0 Å². The number of methoxy groups -OCH3 is 1. The van der Waals surface area contributed by atoms with Gasteiger partial charge in [-0.3, -0.25) is 14.4 Å². The van der Waals surface area contributed by atoms with E-state index in [1.165, 1.54) is 7.11 Å². The molecule has 0 aromatic carbocycles. The van der Waals surface area contributed by atoms with Crippen LogP contribution in [-0.4, -0.2) is 24.6 Å². The summed E-state index contributed by atoms with van der Waals surface area (Å²) >= 11 is 0. The van der Waals surface area contributed by atoms with Crippen molar-refractivity contribution >= 4 is 17.5 Å². The molecule has 0 aliphatic heterocycles. The quantitative estimate of drug-likeness (QED) is 0.484. The summed E-state index contributed by atoms with van der Waals surface area (Å²) in [7, 11) is 1.23. The highest BCUT2D eigenvalue weighted by molar-refractivity contribution is 6.21. The van der Waals surface area contributed by atoms with Gasteiger partial charge in [-0.15, -0.1) is 0 Å². The van der Waals surface area contributed by atoms with Crippen molar-refractivity contribution in [1.82, 2.24) is 0 Å².